The van der Waals surface area contributed by atoms with Gasteiger partial charge >= 0.3 is 6.18 Å². The van der Waals surface area contributed by atoms with Crippen molar-refractivity contribution in [2.24, 2.45) is 0 Å². The van der Waals surface area contributed by atoms with E-state index in [1.807, 2.05) is 13.8 Å². The van der Waals surface area contributed by atoms with Crippen molar-refractivity contribution in [3.8, 4) is 0 Å². The highest BCUT2D eigenvalue weighted by Gasteiger charge is 2.34. The number of hydrogen-bond donors (Lipinski definition) is 1. The molecule has 1 atom stereocenters. The van der Waals surface area contributed by atoms with Crippen LogP contribution in [0.2, 0.25) is 0 Å². The summed E-state index contributed by atoms with van der Waals surface area (Å²) >= 11 is 0. The van der Waals surface area contributed by atoms with Gasteiger partial charge < -0.3 is 5.32 Å². The molecular weight excluding hydrogens is 227 g/mol. The summed E-state index contributed by atoms with van der Waals surface area (Å²) in [6.07, 6.45) is -2.72. The highest BCUT2D eigenvalue weighted by molar-refractivity contribution is 5.32. The minimum absolute atomic E-state index is 0.220. The van der Waals surface area contributed by atoms with Crippen molar-refractivity contribution in [1.82, 2.24) is 5.32 Å². The van der Waals surface area contributed by atoms with E-state index in [1.54, 1.807) is 12.1 Å². The van der Waals surface area contributed by atoms with Gasteiger partial charge in [-0.25, -0.2) is 0 Å². The lowest BCUT2D eigenvalue weighted by Crippen LogP contribution is -2.23. The van der Waals surface area contributed by atoms with Crippen molar-refractivity contribution < 1.29 is 13.2 Å². The first-order valence-electron chi connectivity index (χ1n) is 5.90. The summed E-state index contributed by atoms with van der Waals surface area (Å²) in [6.45, 7) is 4.54. The van der Waals surface area contributed by atoms with E-state index >= 15 is 0 Å². The molecule has 0 radical (unpaired) electrons. The molecule has 0 aliphatic carbocycles. The van der Waals surface area contributed by atoms with Crippen LogP contribution >= 0.6 is 0 Å². The summed E-state index contributed by atoms with van der Waals surface area (Å²) in [7, 11) is 0. The highest BCUT2D eigenvalue weighted by atomic mass is 19.4. The fourth-order valence-corrected chi connectivity index (χ4v) is 1.96. The lowest BCUT2D eigenvalue weighted by atomic mass is 9.96. The molecule has 96 valence electrons. The molecule has 1 nitrogen and oxygen atoms in total. The molecule has 0 heterocycles. The first-order chi connectivity index (χ1) is 8.00. The molecule has 0 aliphatic heterocycles. The summed E-state index contributed by atoms with van der Waals surface area (Å²) in [5.41, 5.74) is -0.178. The molecule has 1 unspecified atom stereocenters. The normalized spacial score (nSPS) is 13.7. The van der Waals surface area contributed by atoms with Crippen LogP contribution < -0.4 is 5.32 Å². The van der Waals surface area contributed by atoms with E-state index in [4.69, 9.17) is 0 Å². The monoisotopic (exact) mass is 245 g/mol. The molecule has 1 aromatic carbocycles. The zero-order chi connectivity index (χ0) is 12.9. The van der Waals surface area contributed by atoms with Crippen molar-refractivity contribution in [2.75, 3.05) is 6.54 Å². The lowest BCUT2D eigenvalue weighted by Gasteiger charge is -2.22. The maximum Gasteiger partial charge on any atom is 0.416 e. The number of nitrogens with one attached hydrogen (secondary N) is 1. The Hall–Kier alpha value is -1.03. The third-order valence-electron chi connectivity index (χ3n) is 2.67. The Balaban J connectivity index is 3.09. The average Bonchev–Trinajstić information content (AvgIpc) is 2.28. The Morgan fingerprint density at radius 1 is 1.18 bits per heavy atom. The van der Waals surface area contributed by atoms with Gasteiger partial charge in [-0.2, -0.15) is 13.2 Å². The molecule has 0 fully saturated rings. The topological polar surface area (TPSA) is 12.0 Å². The van der Waals surface area contributed by atoms with Gasteiger partial charge in [0.1, 0.15) is 0 Å². The maximum atomic E-state index is 12.9. The van der Waals surface area contributed by atoms with Crippen molar-refractivity contribution in [3.63, 3.8) is 0 Å². The van der Waals surface area contributed by atoms with Crippen LogP contribution in [0.3, 0.4) is 0 Å². The Bertz CT molecular complexity index is 341. The number of rotatable bonds is 5. The Morgan fingerprint density at radius 2 is 1.82 bits per heavy atom. The number of alkyl halides is 3. The van der Waals surface area contributed by atoms with E-state index in [0.717, 1.165) is 12.5 Å². The fraction of sp³-hybridized carbons (Fsp3) is 0.538. The second-order valence-electron chi connectivity index (χ2n) is 3.98. The van der Waals surface area contributed by atoms with Crippen molar-refractivity contribution in [3.05, 3.63) is 35.4 Å². The molecule has 0 saturated carbocycles. The van der Waals surface area contributed by atoms with E-state index < -0.39 is 11.7 Å². The van der Waals surface area contributed by atoms with E-state index in [0.29, 0.717) is 18.5 Å². The van der Waals surface area contributed by atoms with Crippen LogP contribution in [0, 0.1) is 0 Å². The molecule has 4 heteroatoms. The summed E-state index contributed by atoms with van der Waals surface area (Å²) in [6, 6.07) is 5.58. The molecule has 1 N–H and O–H groups in total. The van der Waals surface area contributed by atoms with Crippen LogP contribution in [0.15, 0.2) is 24.3 Å². The van der Waals surface area contributed by atoms with Crippen LogP contribution in [0.1, 0.15) is 43.9 Å². The number of benzene rings is 1. The third-order valence-corrected chi connectivity index (χ3v) is 2.67. The zero-order valence-electron chi connectivity index (χ0n) is 10.1. The second-order valence-corrected chi connectivity index (χ2v) is 3.98. The molecule has 17 heavy (non-hydrogen) atoms. The summed E-state index contributed by atoms with van der Waals surface area (Å²) < 4.78 is 38.6. The molecular formula is C13H18F3N. The second kappa shape index (κ2) is 6.05. The molecule has 0 amide bonds. The van der Waals surface area contributed by atoms with Crippen LogP contribution in [0.4, 0.5) is 13.2 Å². The van der Waals surface area contributed by atoms with Gasteiger partial charge in [0.15, 0.2) is 0 Å². The largest absolute Gasteiger partial charge is 0.416 e. The molecule has 0 bridgehead atoms. The van der Waals surface area contributed by atoms with E-state index in [-0.39, 0.29) is 6.04 Å². The van der Waals surface area contributed by atoms with Gasteiger partial charge in [0.2, 0.25) is 0 Å². The van der Waals surface area contributed by atoms with Gasteiger partial charge in [0, 0.05) is 6.04 Å². The Labute approximate surface area is 100 Å². The predicted molar refractivity (Wildman–Crippen MR) is 62.8 cm³/mol. The van der Waals surface area contributed by atoms with Gasteiger partial charge in [-0.1, -0.05) is 38.5 Å². The predicted octanol–water partition coefficient (Wildman–Crippen LogP) is 4.16. The Morgan fingerprint density at radius 3 is 2.35 bits per heavy atom. The van der Waals surface area contributed by atoms with Crippen LogP contribution in [0.5, 0.6) is 0 Å². The quantitative estimate of drug-likeness (QED) is 0.821. The minimum atomic E-state index is -4.28. The zero-order valence-corrected chi connectivity index (χ0v) is 10.1. The Kier molecular flexibility index (Phi) is 5.00. The summed E-state index contributed by atoms with van der Waals surface area (Å²) in [5.74, 6) is 0. The van der Waals surface area contributed by atoms with E-state index in [1.165, 1.54) is 6.07 Å². The molecule has 0 aromatic heterocycles. The lowest BCUT2D eigenvalue weighted by molar-refractivity contribution is -0.138. The van der Waals surface area contributed by atoms with Crippen LogP contribution in [-0.2, 0) is 6.18 Å². The SMILES string of the molecule is CCCC(NCC)c1ccccc1C(F)(F)F. The van der Waals surface area contributed by atoms with Crippen LogP contribution in [0.25, 0.3) is 0 Å². The minimum Gasteiger partial charge on any atom is -0.310 e. The highest BCUT2D eigenvalue weighted by Crippen LogP contribution is 2.35. The van der Waals surface area contributed by atoms with Gasteiger partial charge in [-0.15, -0.1) is 0 Å². The third kappa shape index (κ3) is 3.73. The van der Waals surface area contributed by atoms with Gasteiger partial charge in [-0.05, 0) is 24.6 Å². The average molecular weight is 245 g/mol. The molecule has 0 saturated heterocycles. The van der Waals surface area contributed by atoms with Crippen molar-refractivity contribution in [1.29, 1.82) is 0 Å². The smallest absolute Gasteiger partial charge is 0.310 e. The van der Waals surface area contributed by atoms with Crippen LogP contribution in [-0.4, -0.2) is 6.54 Å². The first-order valence-corrected chi connectivity index (χ1v) is 5.90. The fourth-order valence-electron chi connectivity index (χ4n) is 1.96. The molecule has 1 rings (SSSR count). The summed E-state index contributed by atoms with van der Waals surface area (Å²) in [4.78, 5) is 0. The standard InChI is InChI=1S/C13H18F3N/c1-3-7-12(17-4-2)10-8-5-6-9-11(10)13(14,15)16/h5-6,8-9,12,17H,3-4,7H2,1-2H3. The van der Waals surface area contributed by atoms with E-state index in [2.05, 4.69) is 5.32 Å². The van der Waals surface area contributed by atoms with Gasteiger partial charge in [0.05, 0.1) is 5.56 Å². The molecule has 0 spiro atoms. The number of halogens is 3. The molecule has 0 aliphatic rings. The molecule has 1 aromatic rings. The maximum absolute atomic E-state index is 12.9. The van der Waals surface area contributed by atoms with Gasteiger partial charge in [-0.3, -0.25) is 0 Å². The first kappa shape index (κ1) is 14.0. The van der Waals surface area contributed by atoms with Crippen molar-refractivity contribution >= 4 is 0 Å². The van der Waals surface area contributed by atoms with Gasteiger partial charge in [0.25, 0.3) is 0 Å². The van der Waals surface area contributed by atoms with Crippen molar-refractivity contribution in [2.45, 2.75) is 38.9 Å². The van der Waals surface area contributed by atoms with E-state index in [9.17, 15) is 13.2 Å². The summed E-state index contributed by atoms with van der Waals surface area (Å²) in [5, 5.41) is 3.11. The number of hydrogen-bond acceptors (Lipinski definition) is 1.